The number of aromatic nitrogens is 3. The van der Waals surface area contributed by atoms with Gasteiger partial charge in [0.15, 0.2) is 5.82 Å². The van der Waals surface area contributed by atoms with E-state index in [1.165, 1.54) is 22.3 Å². The van der Waals surface area contributed by atoms with Gasteiger partial charge in [-0.3, -0.25) is 0 Å². The maximum atomic E-state index is 9.40. The van der Waals surface area contributed by atoms with Crippen molar-refractivity contribution in [2.75, 3.05) is 0 Å². The zero-order chi connectivity index (χ0) is 32.4. The summed E-state index contributed by atoms with van der Waals surface area (Å²) in [5.41, 5.74) is 12.5. The highest BCUT2D eigenvalue weighted by atomic mass is 16.5. The van der Waals surface area contributed by atoms with E-state index in [1.54, 1.807) is 0 Å². The molecule has 2 aliphatic rings. The molecule has 1 aliphatic heterocycles. The van der Waals surface area contributed by atoms with E-state index in [0.29, 0.717) is 23.0 Å². The largest absolute Gasteiger partial charge is 0.457 e. The molecule has 48 heavy (non-hydrogen) atoms. The third kappa shape index (κ3) is 4.13. The lowest BCUT2D eigenvalue weighted by Crippen LogP contribution is -2.32. The minimum Gasteiger partial charge on any atom is -0.457 e. The van der Waals surface area contributed by atoms with Gasteiger partial charge in [-0.1, -0.05) is 97.1 Å². The van der Waals surface area contributed by atoms with E-state index in [4.69, 9.17) is 4.74 Å². The van der Waals surface area contributed by atoms with Crippen LogP contribution in [0.3, 0.4) is 0 Å². The molecule has 0 N–H and O–H groups in total. The van der Waals surface area contributed by atoms with Crippen LogP contribution in [0.4, 0.5) is 0 Å². The molecule has 2 heterocycles. The number of rotatable bonds is 3. The Labute approximate surface area is 278 Å². The molecule has 226 valence electrons. The van der Waals surface area contributed by atoms with Crippen LogP contribution in [-0.2, 0) is 5.41 Å². The zero-order valence-electron chi connectivity index (χ0n) is 26.4. The Bertz CT molecular complexity index is 2390. The monoisotopic (exact) mass is 616 g/mol. The molecule has 1 aliphatic carbocycles. The van der Waals surface area contributed by atoms with Crippen molar-refractivity contribution < 1.29 is 4.74 Å². The quantitative estimate of drug-likeness (QED) is 0.198. The van der Waals surface area contributed by atoms with Crippen LogP contribution in [0.25, 0.3) is 44.8 Å². The summed E-state index contributed by atoms with van der Waals surface area (Å²) in [4.78, 5) is 13.5. The van der Waals surface area contributed by atoms with E-state index in [-0.39, 0.29) is 0 Å². The second-order valence-electron chi connectivity index (χ2n) is 12.4. The summed E-state index contributed by atoms with van der Waals surface area (Å²) < 4.78 is 6.57. The number of benzene rings is 6. The molecule has 0 bridgehead atoms. The maximum absolute atomic E-state index is 9.40. The first-order chi connectivity index (χ1) is 23.5. The van der Waals surface area contributed by atoms with Crippen molar-refractivity contribution in [3.05, 3.63) is 173 Å². The molecule has 1 aromatic heterocycles. The lowest BCUT2D eigenvalue weighted by Gasteiger charge is -2.39. The van der Waals surface area contributed by atoms with Crippen LogP contribution < -0.4 is 4.74 Å². The topological polar surface area (TPSA) is 71.7 Å². The molecule has 5 heteroatoms. The highest BCUT2D eigenvalue weighted by molar-refractivity contribution is 5.92. The first-order valence-corrected chi connectivity index (χ1v) is 16.0. The third-order valence-corrected chi connectivity index (χ3v) is 9.62. The summed E-state index contributed by atoms with van der Waals surface area (Å²) in [7, 11) is 0. The van der Waals surface area contributed by atoms with Crippen molar-refractivity contribution in [2.45, 2.75) is 19.3 Å². The van der Waals surface area contributed by atoms with Gasteiger partial charge in [0.1, 0.15) is 23.1 Å². The SMILES string of the molecule is Cc1nc(C)nc(-c2ccc(-c3ccc4c(c3)C3(c5ccccc5Oc5ccccc53)c3cc(-c5ccc(C#N)cc5)ccc3-4)cc2)n1. The first-order valence-electron chi connectivity index (χ1n) is 16.0. The summed E-state index contributed by atoms with van der Waals surface area (Å²) in [6.45, 7) is 3.79. The van der Waals surface area contributed by atoms with Gasteiger partial charge in [-0.05, 0) is 94.8 Å². The number of nitriles is 1. The fourth-order valence-corrected chi connectivity index (χ4v) is 7.55. The van der Waals surface area contributed by atoms with Gasteiger partial charge in [0.05, 0.1) is 17.0 Å². The Balaban J connectivity index is 1.27. The average Bonchev–Trinajstić information content (AvgIpc) is 3.41. The number of ether oxygens (including phenoxy) is 1. The molecule has 1 spiro atoms. The lowest BCUT2D eigenvalue weighted by atomic mass is 9.65. The molecule has 0 saturated heterocycles. The second kappa shape index (κ2) is 10.6. The number of hydrogen-bond acceptors (Lipinski definition) is 5. The van der Waals surface area contributed by atoms with E-state index in [2.05, 4.69) is 118 Å². The van der Waals surface area contributed by atoms with Gasteiger partial charge in [0, 0.05) is 16.7 Å². The minimum absolute atomic E-state index is 0.603. The number of aryl methyl sites for hydroxylation is 2. The summed E-state index contributed by atoms with van der Waals surface area (Å²) in [6, 6.07) is 49.0. The van der Waals surface area contributed by atoms with Gasteiger partial charge in [-0.15, -0.1) is 0 Å². The van der Waals surface area contributed by atoms with Crippen molar-refractivity contribution >= 4 is 0 Å². The highest BCUT2D eigenvalue weighted by Crippen LogP contribution is 2.62. The molecule has 5 nitrogen and oxygen atoms in total. The minimum atomic E-state index is -0.603. The Kier molecular flexibility index (Phi) is 6.15. The summed E-state index contributed by atoms with van der Waals surface area (Å²) in [5, 5.41) is 9.40. The van der Waals surface area contributed by atoms with Crippen molar-refractivity contribution in [3.63, 3.8) is 0 Å². The van der Waals surface area contributed by atoms with Crippen LogP contribution in [0.15, 0.2) is 133 Å². The molecule has 0 unspecified atom stereocenters. The molecular formula is C43H28N4O. The van der Waals surface area contributed by atoms with E-state index >= 15 is 0 Å². The van der Waals surface area contributed by atoms with Gasteiger partial charge < -0.3 is 4.74 Å². The van der Waals surface area contributed by atoms with Gasteiger partial charge >= 0.3 is 0 Å². The normalized spacial score (nSPS) is 13.1. The van der Waals surface area contributed by atoms with Crippen LogP contribution in [0.1, 0.15) is 39.5 Å². The zero-order valence-corrected chi connectivity index (χ0v) is 26.4. The summed E-state index contributed by atoms with van der Waals surface area (Å²) >= 11 is 0. The van der Waals surface area contributed by atoms with Crippen molar-refractivity contribution in [1.82, 2.24) is 15.0 Å². The van der Waals surface area contributed by atoms with E-state index < -0.39 is 5.41 Å². The Morgan fingerprint density at radius 3 is 1.48 bits per heavy atom. The highest BCUT2D eigenvalue weighted by Gasteiger charge is 2.51. The lowest BCUT2D eigenvalue weighted by molar-refractivity contribution is 0.436. The maximum Gasteiger partial charge on any atom is 0.163 e. The van der Waals surface area contributed by atoms with Gasteiger partial charge in [-0.2, -0.15) is 5.26 Å². The molecule has 0 amide bonds. The van der Waals surface area contributed by atoms with Crippen molar-refractivity contribution in [3.8, 4) is 62.3 Å². The van der Waals surface area contributed by atoms with Crippen molar-refractivity contribution in [2.24, 2.45) is 0 Å². The first kappa shape index (κ1) is 27.9. The van der Waals surface area contributed by atoms with Crippen LogP contribution in [0, 0.1) is 25.2 Å². The molecule has 0 radical (unpaired) electrons. The molecule has 0 saturated carbocycles. The summed E-state index contributed by atoms with van der Waals surface area (Å²) in [6.07, 6.45) is 0. The van der Waals surface area contributed by atoms with E-state index in [1.807, 2.05) is 50.2 Å². The predicted molar refractivity (Wildman–Crippen MR) is 188 cm³/mol. The predicted octanol–water partition coefficient (Wildman–Crippen LogP) is 9.83. The third-order valence-electron chi connectivity index (χ3n) is 9.62. The van der Waals surface area contributed by atoms with Gasteiger partial charge in [-0.25, -0.2) is 15.0 Å². The molecule has 9 rings (SSSR count). The molecule has 0 atom stereocenters. The van der Waals surface area contributed by atoms with Gasteiger partial charge in [0.25, 0.3) is 0 Å². The molecule has 7 aromatic rings. The van der Waals surface area contributed by atoms with Crippen LogP contribution in [0.5, 0.6) is 11.5 Å². The number of hydrogen-bond donors (Lipinski definition) is 0. The van der Waals surface area contributed by atoms with Crippen molar-refractivity contribution in [1.29, 1.82) is 5.26 Å². The standard InChI is InChI=1S/C43H28N4O/c1-26-45-27(2)47-42(46-26)31-17-15-30(16-18-31)33-20-22-35-34-21-19-32(29-13-11-28(25-44)12-14-29)23-38(34)43(39(35)24-33)36-7-3-5-9-40(36)48-41-10-6-4-8-37(41)43/h3-24H,1-2H3. The second-order valence-corrected chi connectivity index (χ2v) is 12.4. The Hall–Kier alpha value is -6.38. The van der Waals surface area contributed by atoms with Gasteiger partial charge in [0.2, 0.25) is 0 Å². The average molecular weight is 617 g/mol. The Morgan fingerprint density at radius 2 is 0.958 bits per heavy atom. The van der Waals surface area contributed by atoms with E-state index in [9.17, 15) is 5.26 Å². The Morgan fingerprint density at radius 1 is 0.500 bits per heavy atom. The number of nitrogens with zero attached hydrogens (tertiary/aromatic N) is 4. The molecule has 0 fully saturated rings. The smallest absolute Gasteiger partial charge is 0.163 e. The fourth-order valence-electron chi connectivity index (χ4n) is 7.55. The number of fused-ring (bicyclic) bond motifs is 9. The van der Waals surface area contributed by atoms with Crippen LogP contribution in [-0.4, -0.2) is 15.0 Å². The van der Waals surface area contributed by atoms with Crippen LogP contribution in [0.2, 0.25) is 0 Å². The summed E-state index contributed by atoms with van der Waals surface area (Å²) in [5.74, 6) is 3.82. The van der Waals surface area contributed by atoms with Crippen LogP contribution >= 0.6 is 0 Å². The number of para-hydroxylation sites is 2. The molecular weight excluding hydrogens is 589 g/mol. The van der Waals surface area contributed by atoms with E-state index in [0.717, 1.165) is 50.4 Å². The fraction of sp³-hybridized carbons (Fsp3) is 0.0698. The molecule has 6 aromatic carbocycles.